The highest BCUT2D eigenvalue weighted by Crippen LogP contribution is 2.59. The Bertz CT molecular complexity index is 1250. The molecule has 13 heteroatoms. The van der Waals surface area contributed by atoms with Gasteiger partial charge in [-0.15, -0.1) is 0 Å². The van der Waals surface area contributed by atoms with Crippen molar-refractivity contribution in [3.8, 4) is 5.75 Å². The van der Waals surface area contributed by atoms with E-state index >= 15 is 0 Å². The summed E-state index contributed by atoms with van der Waals surface area (Å²) in [7, 11) is -3.72. The van der Waals surface area contributed by atoms with Gasteiger partial charge in [0.05, 0.1) is 21.9 Å². The highest BCUT2D eigenvalue weighted by atomic mass is 32.2. The molecule has 1 aromatic carbocycles. The first-order chi connectivity index (χ1) is 16.1. The highest BCUT2D eigenvalue weighted by Gasteiger charge is 2.64. The summed E-state index contributed by atoms with van der Waals surface area (Å²) < 4.78 is 101. The minimum absolute atomic E-state index is 0.0179. The average Bonchev–Trinajstić information content (AvgIpc) is 3.13. The van der Waals surface area contributed by atoms with E-state index in [0.29, 0.717) is 13.3 Å². The van der Waals surface area contributed by atoms with E-state index in [1.807, 2.05) is 0 Å². The molecule has 1 aliphatic heterocycles. The second-order valence-electron chi connectivity index (χ2n) is 9.09. The number of hydrogen-bond acceptors (Lipinski definition) is 6. The van der Waals surface area contributed by atoms with Gasteiger partial charge in [0.25, 0.3) is 11.8 Å². The molecule has 7 nitrogen and oxygen atoms in total. The van der Waals surface area contributed by atoms with E-state index in [1.165, 1.54) is 17.9 Å². The normalized spacial score (nSPS) is 23.2. The average molecular weight is 522 g/mol. The summed E-state index contributed by atoms with van der Waals surface area (Å²) in [6.07, 6.45) is -5.81. The molecule has 1 amide bonds. The maximum absolute atomic E-state index is 13.7. The molecule has 0 N–H and O–H groups in total. The first kappa shape index (κ1) is 25.4. The number of aromatic nitrogens is 1. The lowest BCUT2D eigenvalue weighted by atomic mass is 10.0. The van der Waals surface area contributed by atoms with Crippen LogP contribution in [0.2, 0.25) is 0 Å². The zero-order valence-electron chi connectivity index (χ0n) is 19.0. The predicted molar refractivity (Wildman–Crippen MR) is 112 cm³/mol. The molecule has 35 heavy (non-hydrogen) atoms. The van der Waals surface area contributed by atoms with E-state index in [-0.39, 0.29) is 46.7 Å². The maximum atomic E-state index is 13.7. The molecule has 3 atom stereocenters. The number of fused-ring (bicyclic) bond motifs is 1. The molecule has 4 rings (SSSR count). The fraction of sp³-hybridized carbons (Fsp3) is 0.545. The molecule has 1 aliphatic carbocycles. The van der Waals surface area contributed by atoms with Crippen LogP contribution < -0.4 is 4.74 Å². The summed E-state index contributed by atoms with van der Waals surface area (Å²) in [5.74, 6) is -5.77. The minimum Gasteiger partial charge on any atom is -0.484 e. The van der Waals surface area contributed by atoms with Crippen molar-refractivity contribution >= 4 is 15.7 Å². The zero-order chi connectivity index (χ0) is 26.0. The van der Waals surface area contributed by atoms with Crippen molar-refractivity contribution in [1.82, 2.24) is 10.1 Å². The van der Waals surface area contributed by atoms with Crippen molar-refractivity contribution < 1.29 is 44.4 Å². The molecule has 1 saturated heterocycles. The summed E-state index contributed by atoms with van der Waals surface area (Å²) in [6.45, 7) is 3.39. The number of carbonyl (C=O) groups is 1. The van der Waals surface area contributed by atoms with Crippen LogP contribution in [0.5, 0.6) is 5.75 Å². The number of carbonyl (C=O) groups excluding carboxylic acids is 1. The Morgan fingerprint density at radius 1 is 1.29 bits per heavy atom. The van der Waals surface area contributed by atoms with Gasteiger partial charge in [-0.3, -0.25) is 4.79 Å². The Hall–Kier alpha value is -2.70. The van der Waals surface area contributed by atoms with Gasteiger partial charge in [-0.1, -0.05) is 12.1 Å². The monoisotopic (exact) mass is 522 g/mol. The topological polar surface area (TPSA) is 89.7 Å². The van der Waals surface area contributed by atoms with E-state index in [9.17, 15) is 35.2 Å². The molecular formula is C22H23F5N2O5S. The quantitative estimate of drug-likeness (QED) is 0.503. The second-order valence-corrected chi connectivity index (χ2v) is 11.4. The van der Waals surface area contributed by atoms with Crippen LogP contribution in [0.15, 0.2) is 33.7 Å². The molecule has 2 fully saturated rings. The summed E-state index contributed by atoms with van der Waals surface area (Å²) in [5, 5.41) is 3.57. The van der Waals surface area contributed by atoms with Gasteiger partial charge in [-0.05, 0) is 37.5 Å². The van der Waals surface area contributed by atoms with E-state index in [4.69, 9.17) is 4.74 Å². The third-order valence-corrected chi connectivity index (χ3v) is 8.40. The van der Waals surface area contributed by atoms with Crippen molar-refractivity contribution in [1.29, 1.82) is 0 Å². The van der Waals surface area contributed by atoms with Gasteiger partial charge in [0.2, 0.25) is 5.76 Å². The van der Waals surface area contributed by atoms with E-state index in [2.05, 4.69) is 9.68 Å². The fourth-order valence-electron chi connectivity index (χ4n) is 4.28. The Balaban J connectivity index is 1.64. The number of amides is 1. The molecule has 1 saturated carbocycles. The Morgan fingerprint density at radius 2 is 1.97 bits per heavy atom. The van der Waals surface area contributed by atoms with Gasteiger partial charge in [0, 0.05) is 31.5 Å². The van der Waals surface area contributed by atoms with Crippen LogP contribution in [0.3, 0.4) is 0 Å². The van der Waals surface area contributed by atoms with Gasteiger partial charge in [-0.2, -0.15) is 13.2 Å². The van der Waals surface area contributed by atoms with Crippen LogP contribution in [0.25, 0.3) is 0 Å². The first-order valence-corrected chi connectivity index (χ1v) is 12.5. The Kier molecular flexibility index (Phi) is 5.93. The molecule has 1 aromatic heterocycles. The van der Waals surface area contributed by atoms with Crippen molar-refractivity contribution in [2.45, 2.75) is 55.7 Å². The van der Waals surface area contributed by atoms with Crippen LogP contribution in [-0.2, 0) is 21.4 Å². The molecule has 2 heterocycles. The van der Waals surface area contributed by atoms with E-state index in [1.54, 1.807) is 0 Å². The number of benzene rings is 1. The zero-order valence-corrected chi connectivity index (χ0v) is 19.8. The van der Waals surface area contributed by atoms with Crippen molar-refractivity contribution in [3.63, 3.8) is 0 Å². The number of nitrogens with zero attached hydrogens (tertiary/aromatic N) is 2. The first-order valence-electron chi connectivity index (χ1n) is 10.8. The van der Waals surface area contributed by atoms with Gasteiger partial charge in [0.15, 0.2) is 15.9 Å². The van der Waals surface area contributed by atoms with Crippen LogP contribution >= 0.6 is 0 Å². The van der Waals surface area contributed by atoms with Gasteiger partial charge in [0.1, 0.15) is 5.75 Å². The highest BCUT2D eigenvalue weighted by molar-refractivity contribution is 7.91. The third kappa shape index (κ3) is 4.62. The smallest absolute Gasteiger partial charge is 0.452 e. The lowest BCUT2D eigenvalue weighted by Crippen LogP contribution is -2.35. The number of alkyl halides is 5. The number of hydrogen-bond donors (Lipinski definition) is 0. The largest absolute Gasteiger partial charge is 0.484 e. The molecule has 3 unspecified atom stereocenters. The number of piperidine rings is 1. The number of likely N-dealkylation sites (tertiary alicyclic amines) is 1. The van der Waals surface area contributed by atoms with Crippen LogP contribution in [0, 0.1) is 5.92 Å². The predicted octanol–water partition coefficient (Wildman–Crippen LogP) is 4.32. The molecule has 0 bridgehead atoms. The van der Waals surface area contributed by atoms with E-state index < -0.39 is 45.1 Å². The lowest BCUT2D eigenvalue weighted by Gasteiger charge is -2.25. The van der Waals surface area contributed by atoms with Gasteiger partial charge in [-0.25, -0.2) is 17.2 Å². The Labute approximate surface area is 198 Å². The maximum Gasteiger partial charge on any atom is 0.452 e. The fourth-order valence-corrected chi connectivity index (χ4v) is 5.19. The number of halogens is 5. The van der Waals surface area contributed by atoms with Crippen LogP contribution in [0.1, 0.15) is 49.0 Å². The van der Waals surface area contributed by atoms with Crippen LogP contribution in [0.4, 0.5) is 22.0 Å². The molecule has 0 radical (unpaired) electrons. The molecule has 192 valence electrons. The molecule has 2 aliphatic rings. The van der Waals surface area contributed by atoms with E-state index in [0.717, 1.165) is 25.1 Å². The number of sulfone groups is 1. The molecular weight excluding hydrogens is 499 g/mol. The summed E-state index contributed by atoms with van der Waals surface area (Å²) in [6, 6.07) is 4.26. The summed E-state index contributed by atoms with van der Waals surface area (Å²) in [4.78, 5) is 14.6. The third-order valence-electron chi connectivity index (χ3n) is 6.67. The number of ether oxygens (including phenoxy) is 1. The number of rotatable bonds is 7. The SMILES string of the molecule is CCS(=O)(=O)c1ccc(OC(C)C(C)(F)F)c(C(=O)N2CC3CC3(c3cc(C(F)(F)F)on3)C2)c1. The summed E-state index contributed by atoms with van der Waals surface area (Å²) in [5.41, 5.74) is -0.938. The van der Waals surface area contributed by atoms with Crippen molar-refractivity contribution in [3.05, 3.63) is 41.3 Å². The molecule has 0 spiro atoms. The van der Waals surface area contributed by atoms with Crippen molar-refractivity contribution in [2.24, 2.45) is 5.92 Å². The van der Waals surface area contributed by atoms with Crippen molar-refractivity contribution in [2.75, 3.05) is 18.8 Å². The molecule has 2 aromatic rings. The Morgan fingerprint density at radius 3 is 2.54 bits per heavy atom. The van der Waals surface area contributed by atoms with Gasteiger partial charge >= 0.3 is 6.18 Å². The van der Waals surface area contributed by atoms with Gasteiger partial charge < -0.3 is 14.2 Å². The standard InChI is InChI=1S/C22H23F5N2O5S/c1-4-35(31,32)14-5-6-16(33-12(2)20(3,23)24)15(7-14)19(30)29-10-13-9-21(13,11-29)17-8-18(34-28-17)22(25,26)27/h5-8,12-13H,4,9-11H2,1-3H3. The minimum atomic E-state index is -4.70. The summed E-state index contributed by atoms with van der Waals surface area (Å²) >= 11 is 0. The van der Waals surface area contributed by atoms with Crippen LogP contribution in [-0.4, -0.2) is 55.3 Å². The lowest BCUT2D eigenvalue weighted by molar-refractivity contribution is -0.155. The second kappa shape index (κ2) is 8.17.